The molecule has 1 saturated heterocycles. The van der Waals surface area contributed by atoms with Crippen LogP contribution in [0.25, 0.3) is 0 Å². The van der Waals surface area contributed by atoms with Gasteiger partial charge in [-0.05, 0) is 55.3 Å². The topological polar surface area (TPSA) is 35.6 Å². The largest absolute Gasteiger partial charge is 0.379 e. The normalized spacial score (nSPS) is 21.6. The Balaban J connectivity index is 1.35. The molecule has 6 heteroatoms. The van der Waals surface area contributed by atoms with Crippen LogP contribution in [0, 0.1) is 0 Å². The van der Waals surface area contributed by atoms with Gasteiger partial charge in [-0.3, -0.25) is 14.6 Å². The van der Waals surface area contributed by atoms with E-state index in [0.29, 0.717) is 11.6 Å². The van der Waals surface area contributed by atoms with Gasteiger partial charge in [0.25, 0.3) is 0 Å². The number of carbonyl (C=O) groups is 1. The molecule has 0 bridgehead atoms. The standard InChI is InChI=1S/C23H27Cl2N3O/c1-23(2)22(19-13-18(25)7-8-20(19)26-23)21(29)15-28-11-9-27(10-12-28)14-16-3-5-17(24)6-4-16/h3-8,13,22,26H,9-12,14-15H2,1-2H3. The lowest BCUT2D eigenvalue weighted by molar-refractivity contribution is -0.122. The van der Waals surface area contributed by atoms with Gasteiger partial charge in [-0.25, -0.2) is 0 Å². The lowest BCUT2D eigenvalue weighted by Crippen LogP contribution is -2.49. The maximum Gasteiger partial charge on any atom is 0.156 e. The highest BCUT2D eigenvalue weighted by Crippen LogP contribution is 2.44. The Morgan fingerprint density at radius 1 is 1.00 bits per heavy atom. The Morgan fingerprint density at radius 3 is 2.31 bits per heavy atom. The van der Waals surface area contributed by atoms with Gasteiger partial charge in [0.2, 0.25) is 0 Å². The van der Waals surface area contributed by atoms with Gasteiger partial charge in [0.1, 0.15) is 0 Å². The molecule has 1 fully saturated rings. The van der Waals surface area contributed by atoms with Crippen LogP contribution in [0.4, 0.5) is 5.69 Å². The minimum absolute atomic E-state index is 0.178. The predicted molar refractivity (Wildman–Crippen MR) is 120 cm³/mol. The monoisotopic (exact) mass is 431 g/mol. The smallest absolute Gasteiger partial charge is 0.156 e. The van der Waals surface area contributed by atoms with Crippen LogP contribution in [-0.4, -0.2) is 53.8 Å². The second-order valence-electron chi connectivity index (χ2n) is 8.66. The molecule has 0 radical (unpaired) electrons. The van der Waals surface area contributed by atoms with Crippen molar-refractivity contribution in [3.8, 4) is 0 Å². The lowest BCUT2D eigenvalue weighted by atomic mass is 9.82. The molecular formula is C23H27Cl2N3O. The van der Waals surface area contributed by atoms with Crippen molar-refractivity contribution in [2.45, 2.75) is 31.8 Å². The minimum Gasteiger partial charge on any atom is -0.379 e. The molecule has 4 rings (SSSR count). The first kappa shape index (κ1) is 20.7. The summed E-state index contributed by atoms with van der Waals surface area (Å²) in [4.78, 5) is 18.0. The Morgan fingerprint density at radius 2 is 1.62 bits per heavy atom. The molecule has 2 heterocycles. The van der Waals surface area contributed by atoms with Crippen molar-refractivity contribution in [3.63, 3.8) is 0 Å². The summed E-state index contributed by atoms with van der Waals surface area (Å²) in [6, 6.07) is 13.8. The quantitative estimate of drug-likeness (QED) is 0.745. The number of benzene rings is 2. The van der Waals surface area contributed by atoms with E-state index in [1.165, 1.54) is 5.56 Å². The highest BCUT2D eigenvalue weighted by Gasteiger charge is 2.43. The second kappa shape index (κ2) is 8.27. The van der Waals surface area contributed by atoms with E-state index in [0.717, 1.165) is 49.0 Å². The van der Waals surface area contributed by atoms with Gasteiger partial charge < -0.3 is 5.32 Å². The molecule has 0 aromatic heterocycles. The van der Waals surface area contributed by atoms with E-state index in [9.17, 15) is 4.79 Å². The van der Waals surface area contributed by atoms with Crippen LogP contribution in [0.5, 0.6) is 0 Å². The summed E-state index contributed by atoms with van der Waals surface area (Å²) in [6.45, 7) is 9.32. The molecule has 1 unspecified atom stereocenters. The highest BCUT2D eigenvalue weighted by molar-refractivity contribution is 6.31. The van der Waals surface area contributed by atoms with Gasteiger partial charge in [0.05, 0.1) is 12.5 Å². The van der Waals surface area contributed by atoms with Crippen molar-refractivity contribution in [2.75, 3.05) is 38.0 Å². The number of anilines is 1. The van der Waals surface area contributed by atoms with Crippen LogP contribution in [0.3, 0.4) is 0 Å². The summed E-state index contributed by atoms with van der Waals surface area (Å²) in [5.41, 5.74) is 3.01. The SMILES string of the molecule is CC1(C)Nc2ccc(Cl)cc2C1C(=O)CN1CCN(Cc2ccc(Cl)cc2)CC1. The van der Waals surface area contributed by atoms with Gasteiger partial charge in [0, 0.05) is 54.0 Å². The lowest BCUT2D eigenvalue weighted by Gasteiger charge is -2.35. The molecule has 4 nitrogen and oxygen atoms in total. The fraction of sp³-hybridized carbons (Fsp3) is 0.435. The minimum atomic E-state index is -0.305. The van der Waals surface area contributed by atoms with Gasteiger partial charge in [-0.1, -0.05) is 35.3 Å². The summed E-state index contributed by atoms with van der Waals surface area (Å²) in [7, 11) is 0. The molecule has 2 aromatic rings. The van der Waals surface area contributed by atoms with Gasteiger partial charge >= 0.3 is 0 Å². The van der Waals surface area contributed by atoms with Crippen molar-refractivity contribution < 1.29 is 4.79 Å². The van der Waals surface area contributed by atoms with E-state index in [4.69, 9.17) is 23.2 Å². The van der Waals surface area contributed by atoms with E-state index >= 15 is 0 Å². The van der Waals surface area contributed by atoms with Crippen LogP contribution in [-0.2, 0) is 11.3 Å². The number of Topliss-reactive ketones (excluding diaryl/α,β-unsaturated/α-hetero) is 1. The molecule has 0 spiro atoms. The molecule has 2 aliphatic rings. The van der Waals surface area contributed by atoms with Crippen LogP contribution >= 0.6 is 23.2 Å². The van der Waals surface area contributed by atoms with Crippen molar-refractivity contribution in [3.05, 3.63) is 63.6 Å². The third kappa shape index (κ3) is 4.61. The van der Waals surface area contributed by atoms with Crippen LogP contribution < -0.4 is 5.32 Å². The molecule has 0 aliphatic carbocycles. The van der Waals surface area contributed by atoms with Crippen LogP contribution in [0.1, 0.15) is 30.9 Å². The number of ketones is 1. The molecule has 0 amide bonds. The summed E-state index contributed by atoms with van der Waals surface area (Å²) >= 11 is 12.2. The molecule has 29 heavy (non-hydrogen) atoms. The second-order valence-corrected chi connectivity index (χ2v) is 9.53. The molecule has 1 N–H and O–H groups in total. The van der Waals surface area contributed by atoms with E-state index in [2.05, 4.69) is 41.1 Å². The first-order valence-corrected chi connectivity index (χ1v) is 10.9. The maximum atomic E-state index is 13.3. The van der Waals surface area contributed by atoms with E-state index in [-0.39, 0.29) is 17.2 Å². The molecule has 0 saturated carbocycles. The van der Waals surface area contributed by atoms with E-state index in [1.807, 2.05) is 30.3 Å². The average Bonchev–Trinajstić information content (AvgIpc) is 2.94. The molecular weight excluding hydrogens is 405 g/mol. The van der Waals surface area contributed by atoms with Crippen molar-refractivity contribution >= 4 is 34.7 Å². The zero-order valence-corrected chi connectivity index (χ0v) is 18.4. The van der Waals surface area contributed by atoms with Gasteiger partial charge in [0.15, 0.2) is 5.78 Å². The van der Waals surface area contributed by atoms with E-state index in [1.54, 1.807) is 0 Å². The number of halogens is 2. The molecule has 2 aliphatic heterocycles. The van der Waals surface area contributed by atoms with E-state index < -0.39 is 0 Å². The first-order chi connectivity index (χ1) is 13.8. The van der Waals surface area contributed by atoms with Gasteiger partial charge in [-0.15, -0.1) is 0 Å². The van der Waals surface area contributed by atoms with Crippen molar-refractivity contribution in [1.29, 1.82) is 0 Å². The third-order valence-corrected chi connectivity index (χ3v) is 6.48. The zero-order valence-electron chi connectivity index (χ0n) is 16.9. The summed E-state index contributed by atoms with van der Waals surface area (Å²) < 4.78 is 0. The number of piperazine rings is 1. The first-order valence-electron chi connectivity index (χ1n) is 10.1. The number of hydrogen-bond acceptors (Lipinski definition) is 4. The Hall–Kier alpha value is -1.59. The fourth-order valence-electron chi connectivity index (χ4n) is 4.54. The summed E-state index contributed by atoms with van der Waals surface area (Å²) in [6.07, 6.45) is 0. The summed E-state index contributed by atoms with van der Waals surface area (Å²) in [5.74, 6) is 0.0814. The third-order valence-electron chi connectivity index (χ3n) is 5.99. The zero-order chi connectivity index (χ0) is 20.6. The molecule has 154 valence electrons. The Bertz CT molecular complexity index is 889. The Labute approximate surface area is 182 Å². The number of fused-ring (bicyclic) bond motifs is 1. The van der Waals surface area contributed by atoms with Crippen LogP contribution in [0.15, 0.2) is 42.5 Å². The predicted octanol–water partition coefficient (Wildman–Crippen LogP) is 4.67. The van der Waals surface area contributed by atoms with Crippen LogP contribution in [0.2, 0.25) is 10.0 Å². The fourth-order valence-corrected chi connectivity index (χ4v) is 4.84. The molecule has 2 aromatic carbocycles. The maximum absolute atomic E-state index is 13.3. The van der Waals surface area contributed by atoms with Gasteiger partial charge in [-0.2, -0.15) is 0 Å². The van der Waals surface area contributed by atoms with Crippen molar-refractivity contribution in [1.82, 2.24) is 9.80 Å². The number of rotatable bonds is 5. The highest BCUT2D eigenvalue weighted by atomic mass is 35.5. The number of hydrogen-bond donors (Lipinski definition) is 1. The number of nitrogens with one attached hydrogen (secondary N) is 1. The summed E-state index contributed by atoms with van der Waals surface area (Å²) in [5, 5.41) is 4.94. The number of nitrogens with zero attached hydrogens (tertiary/aromatic N) is 2. The average molecular weight is 432 g/mol. The Kier molecular flexibility index (Phi) is 5.90. The number of carbonyl (C=O) groups excluding carboxylic acids is 1. The molecule has 1 atom stereocenters. The van der Waals surface area contributed by atoms with Crippen molar-refractivity contribution in [2.24, 2.45) is 0 Å².